The molecule has 1 aromatic carbocycles. The minimum absolute atomic E-state index is 0.283. The van der Waals surface area contributed by atoms with E-state index in [4.69, 9.17) is 5.73 Å². The van der Waals surface area contributed by atoms with Gasteiger partial charge in [0.2, 0.25) is 5.91 Å². The number of carbonyl (C=O) groups excluding carboxylic acids is 2. The lowest BCUT2D eigenvalue weighted by atomic mass is 10.2. The van der Waals surface area contributed by atoms with Crippen LogP contribution in [0.2, 0.25) is 0 Å². The molecule has 0 fully saturated rings. The number of anilines is 1. The fourth-order valence-corrected chi connectivity index (χ4v) is 1.13. The highest BCUT2D eigenvalue weighted by atomic mass is 16.5. The second-order valence-electron chi connectivity index (χ2n) is 3.20. The number of amides is 1. The highest BCUT2D eigenvalue weighted by Crippen LogP contribution is 2.09. The fourth-order valence-electron chi connectivity index (χ4n) is 1.13. The van der Waals surface area contributed by atoms with Crippen LogP contribution in [-0.2, 0) is 20.9 Å². The first kappa shape index (κ1) is 16.1. The van der Waals surface area contributed by atoms with Gasteiger partial charge in [0, 0.05) is 12.2 Å². The molecule has 100 valence electrons. The summed E-state index contributed by atoms with van der Waals surface area (Å²) in [6.45, 7) is 4.45. The van der Waals surface area contributed by atoms with Crippen LogP contribution in [0.4, 0.5) is 5.69 Å². The Morgan fingerprint density at radius 2 is 1.78 bits per heavy atom. The molecule has 0 aliphatic carbocycles. The summed E-state index contributed by atoms with van der Waals surface area (Å²) in [6, 6.07) is 7.09. The van der Waals surface area contributed by atoms with Gasteiger partial charge in [0.25, 0.3) is 0 Å². The Bertz CT molecular complexity index is 374. The van der Waals surface area contributed by atoms with E-state index < -0.39 is 11.9 Å². The van der Waals surface area contributed by atoms with Gasteiger partial charge in [0.1, 0.15) is 6.42 Å². The van der Waals surface area contributed by atoms with E-state index >= 15 is 0 Å². The van der Waals surface area contributed by atoms with Crippen molar-refractivity contribution in [3.8, 4) is 0 Å². The Morgan fingerprint density at radius 1 is 1.22 bits per heavy atom. The van der Waals surface area contributed by atoms with Crippen molar-refractivity contribution in [2.45, 2.75) is 26.8 Å². The molecule has 1 amide bonds. The zero-order valence-electron chi connectivity index (χ0n) is 11.0. The fraction of sp³-hybridized carbons (Fsp3) is 0.385. The lowest BCUT2D eigenvalue weighted by molar-refractivity contribution is -0.142. The molecule has 5 heteroatoms. The van der Waals surface area contributed by atoms with E-state index in [1.54, 1.807) is 12.1 Å². The molecule has 0 aliphatic heterocycles. The zero-order valence-corrected chi connectivity index (χ0v) is 11.0. The maximum atomic E-state index is 11.3. The van der Waals surface area contributed by atoms with Gasteiger partial charge in [0.05, 0.1) is 7.11 Å². The van der Waals surface area contributed by atoms with Gasteiger partial charge < -0.3 is 15.8 Å². The maximum Gasteiger partial charge on any atom is 0.315 e. The summed E-state index contributed by atoms with van der Waals surface area (Å²) in [5.41, 5.74) is 7.04. The van der Waals surface area contributed by atoms with Gasteiger partial charge in [-0.1, -0.05) is 26.0 Å². The lowest BCUT2D eigenvalue weighted by Crippen LogP contribution is -2.17. The number of esters is 1. The first-order valence-corrected chi connectivity index (χ1v) is 5.81. The third kappa shape index (κ3) is 6.00. The van der Waals surface area contributed by atoms with E-state index in [1.165, 1.54) is 7.11 Å². The minimum Gasteiger partial charge on any atom is -0.469 e. The van der Waals surface area contributed by atoms with Crippen LogP contribution in [0, 0.1) is 0 Å². The van der Waals surface area contributed by atoms with Gasteiger partial charge in [-0.3, -0.25) is 9.59 Å². The molecule has 1 rings (SSSR count). The van der Waals surface area contributed by atoms with Gasteiger partial charge in [-0.05, 0) is 17.7 Å². The van der Waals surface area contributed by atoms with Crippen molar-refractivity contribution in [2.24, 2.45) is 5.73 Å². The smallest absolute Gasteiger partial charge is 0.315 e. The van der Waals surface area contributed by atoms with Gasteiger partial charge >= 0.3 is 5.97 Å². The van der Waals surface area contributed by atoms with E-state index in [-0.39, 0.29) is 6.42 Å². The second-order valence-corrected chi connectivity index (χ2v) is 3.20. The van der Waals surface area contributed by atoms with Crippen LogP contribution in [-0.4, -0.2) is 19.0 Å². The van der Waals surface area contributed by atoms with Crippen molar-refractivity contribution >= 4 is 17.6 Å². The number of benzene rings is 1. The van der Waals surface area contributed by atoms with E-state index in [0.717, 1.165) is 5.56 Å². The van der Waals surface area contributed by atoms with Crippen LogP contribution in [0.5, 0.6) is 0 Å². The van der Waals surface area contributed by atoms with Crippen LogP contribution in [0.1, 0.15) is 25.8 Å². The van der Waals surface area contributed by atoms with Gasteiger partial charge in [-0.15, -0.1) is 0 Å². The van der Waals surface area contributed by atoms with E-state index in [0.29, 0.717) is 12.2 Å². The molecule has 3 N–H and O–H groups in total. The Balaban J connectivity index is 0.00000137. The molecule has 0 aromatic heterocycles. The normalized spacial score (nSPS) is 8.89. The third-order valence-electron chi connectivity index (χ3n) is 2.01. The van der Waals surface area contributed by atoms with Gasteiger partial charge in [0.15, 0.2) is 0 Å². The number of rotatable bonds is 4. The van der Waals surface area contributed by atoms with Crippen molar-refractivity contribution in [1.29, 1.82) is 0 Å². The highest BCUT2D eigenvalue weighted by Gasteiger charge is 2.09. The standard InChI is InChI=1S/C11H14N2O3.C2H6/c1-16-11(15)6-10(14)13-9-4-2-8(7-12)3-5-9;1-2/h2-5H,6-7,12H2,1H3,(H,13,14);1-2H3. The van der Waals surface area contributed by atoms with Crippen LogP contribution >= 0.6 is 0 Å². The molecule has 18 heavy (non-hydrogen) atoms. The molecule has 0 radical (unpaired) electrons. The molecule has 0 aliphatic rings. The van der Waals surface area contributed by atoms with Crippen molar-refractivity contribution in [3.05, 3.63) is 29.8 Å². The third-order valence-corrected chi connectivity index (χ3v) is 2.01. The average molecular weight is 252 g/mol. The summed E-state index contributed by atoms with van der Waals surface area (Å²) in [6.07, 6.45) is -0.283. The van der Waals surface area contributed by atoms with Crippen LogP contribution in [0.25, 0.3) is 0 Å². The molecular weight excluding hydrogens is 232 g/mol. The van der Waals surface area contributed by atoms with E-state index in [2.05, 4.69) is 10.1 Å². The van der Waals surface area contributed by atoms with Crippen LogP contribution in [0.3, 0.4) is 0 Å². The van der Waals surface area contributed by atoms with E-state index in [1.807, 2.05) is 26.0 Å². The first-order chi connectivity index (χ1) is 8.65. The Morgan fingerprint density at radius 3 is 2.22 bits per heavy atom. The molecule has 0 heterocycles. The van der Waals surface area contributed by atoms with Gasteiger partial charge in [-0.2, -0.15) is 0 Å². The van der Waals surface area contributed by atoms with E-state index in [9.17, 15) is 9.59 Å². The SMILES string of the molecule is CC.COC(=O)CC(=O)Nc1ccc(CN)cc1. The second kappa shape index (κ2) is 9.18. The van der Waals surface area contributed by atoms with Gasteiger partial charge in [-0.25, -0.2) is 0 Å². The first-order valence-electron chi connectivity index (χ1n) is 5.81. The zero-order chi connectivity index (χ0) is 14.0. The predicted octanol–water partition coefficient (Wildman–Crippen LogP) is 1.67. The summed E-state index contributed by atoms with van der Waals surface area (Å²) in [7, 11) is 1.24. The van der Waals surface area contributed by atoms with Crippen molar-refractivity contribution in [1.82, 2.24) is 0 Å². The molecular formula is C13H20N2O3. The molecule has 0 saturated carbocycles. The summed E-state index contributed by atoms with van der Waals surface area (Å²) in [5, 5.41) is 2.58. The number of nitrogens with one attached hydrogen (secondary N) is 1. The summed E-state index contributed by atoms with van der Waals surface area (Å²) in [4.78, 5) is 22.1. The molecule has 1 aromatic rings. The lowest BCUT2D eigenvalue weighted by Gasteiger charge is -2.05. The summed E-state index contributed by atoms with van der Waals surface area (Å²) < 4.78 is 4.38. The molecule has 0 atom stereocenters. The quantitative estimate of drug-likeness (QED) is 0.631. The topological polar surface area (TPSA) is 81.4 Å². The number of hydrogen-bond acceptors (Lipinski definition) is 4. The minimum atomic E-state index is -0.559. The molecule has 0 bridgehead atoms. The van der Waals surface area contributed by atoms with Crippen molar-refractivity contribution < 1.29 is 14.3 Å². The molecule has 0 spiro atoms. The predicted molar refractivity (Wildman–Crippen MR) is 70.9 cm³/mol. The van der Waals surface area contributed by atoms with Crippen molar-refractivity contribution in [2.75, 3.05) is 12.4 Å². The Kier molecular flexibility index (Phi) is 8.22. The molecule has 5 nitrogen and oxygen atoms in total. The van der Waals surface area contributed by atoms with Crippen molar-refractivity contribution in [3.63, 3.8) is 0 Å². The van der Waals surface area contributed by atoms with Crippen LogP contribution < -0.4 is 11.1 Å². The number of hydrogen-bond donors (Lipinski definition) is 2. The Hall–Kier alpha value is -1.88. The largest absolute Gasteiger partial charge is 0.469 e. The molecule has 0 unspecified atom stereocenters. The monoisotopic (exact) mass is 252 g/mol. The summed E-state index contributed by atoms with van der Waals surface area (Å²) >= 11 is 0. The average Bonchev–Trinajstić information content (AvgIpc) is 2.41. The molecule has 0 saturated heterocycles. The summed E-state index contributed by atoms with van der Waals surface area (Å²) in [5.74, 6) is -0.955. The Labute approximate surface area is 107 Å². The maximum absolute atomic E-state index is 11.3. The number of nitrogens with two attached hydrogens (primary N) is 1. The number of methoxy groups -OCH3 is 1. The highest BCUT2D eigenvalue weighted by molar-refractivity contribution is 6.01. The number of carbonyl (C=O) groups is 2. The van der Waals surface area contributed by atoms with Crippen LogP contribution in [0.15, 0.2) is 24.3 Å². The number of ether oxygens (including phenoxy) is 1.